The van der Waals surface area contributed by atoms with E-state index < -0.39 is 6.10 Å². The number of nitrogens with one attached hydrogen (secondary N) is 1. The van der Waals surface area contributed by atoms with Crippen LogP contribution in [0.15, 0.2) is 47.2 Å². The molecule has 0 fully saturated rings. The normalized spacial score (nSPS) is 12.1. The van der Waals surface area contributed by atoms with Crippen molar-refractivity contribution in [3.05, 3.63) is 79.2 Å². The maximum atomic E-state index is 12.3. The highest BCUT2D eigenvalue weighted by atomic mass is 32.1. The highest BCUT2D eigenvalue weighted by Crippen LogP contribution is 2.29. The molecule has 1 aromatic carbocycles. The molecule has 3 aromatic rings. The third-order valence-electron chi connectivity index (χ3n) is 4.00. The minimum atomic E-state index is -0.592. The van der Waals surface area contributed by atoms with Crippen LogP contribution < -0.4 is 5.32 Å². The van der Waals surface area contributed by atoms with E-state index in [1.807, 2.05) is 61.0 Å². The van der Waals surface area contributed by atoms with E-state index in [9.17, 15) is 9.90 Å². The lowest BCUT2D eigenvalue weighted by Crippen LogP contribution is -2.22. The highest BCUT2D eigenvalue weighted by molar-refractivity contribution is 7.12. The number of aryl methyl sites for hydroxylation is 2. The molecular weight excluding hydrogens is 338 g/mol. The second-order valence-corrected chi connectivity index (χ2v) is 7.72. The van der Waals surface area contributed by atoms with E-state index in [0.29, 0.717) is 12.1 Å². The van der Waals surface area contributed by atoms with Gasteiger partial charge in [0, 0.05) is 15.3 Å². The number of rotatable bonds is 5. The summed E-state index contributed by atoms with van der Waals surface area (Å²) in [6.07, 6.45) is -0.592. The molecule has 0 bridgehead atoms. The molecule has 24 heavy (non-hydrogen) atoms. The van der Waals surface area contributed by atoms with Gasteiger partial charge in [-0.2, -0.15) is 11.3 Å². The van der Waals surface area contributed by atoms with Crippen LogP contribution in [0.5, 0.6) is 0 Å². The average molecular weight is 358 g/mol. The Morgan fingerprint density at radius 1 is 1.17 bits per heavy atom. The molecule has 3 nitrogen and oxygen atoms in total. The number of carbonyl (C=O) groups is 1. The Balaban J connectivity index is 1.63. The van der Waals surface area contributed by atoms with Gasteiger partial charge in [-0.1, -0.05) is 6.07 Å². The van der Waals surface area contributed by atoms with Gasteiger partial charge in [0.05, 0.1) is 6.54 Å². The molecule has 2 heterocycles. The highest BCUT2D eigenvalue weighted by Gasteiger charge is 2.14. The van der Waals surface area contributed by atoms with Gasteiger partial charge >= 0.3 is 0 Å². The fraction of sp³-hybridized carbons (Fsp3) is 0.211. The summed E-state index contributed by atoms with van der Waals surface area (Å²) in [6.45, 7) is 4.50. The number of aliphatic hydroxyl groups is 1. The largest absolute Gasteiger partial charge is 0.383 e. The number of hydrogen-bond donors (Lipinski definition) is 2. The van der Waals surface area contributed by atoms with Crippen LogP contribution in [0, 0.1) is 13.8 Å². The Kier molecular flexibility index (Phi) is 5.14. The third-order valence-corrected chi connectivity index (χ3v) is 5.84. The second kappa shape index (κ2) is 7.30. The Bertz CT molecular complexity index is 837. The number of benzene rings is 1. The van der Waals surface area contributed by atoms with E-state index in [0.717, 1.165) is 20.9 Å². The van der Waals surface area contributed by atoms with Crippen molar-refractivity contribution < 1.29 is 9.90 Å². The molecule has 124 valence electrons. The molecule has 0 aliphatic carbocycles. The van der Waals surface area contributed by atoms with Gasteiger partial charge in [0.25, 0.3) is 5.91 Å². The summed E-state index contributed by atoms with van der Waals surface area (Å²) in [7, 11) is 0. The zero-order valence-corrected chi connectivity index (χ0v) is 15.2. The number of amides is 1. The molecule has 1 amide bonds. The lowest BCUT2D eigenvalue weighted by Gasteiger charge is -2.07. The van der Waals surface area contributed by atoms with E-state index in [1.165, 1.54) is 16.9 Å². The molecular formula is C19H19NO2S2. The van der Waals surface area contributed by atoms with Crippen LogP contribution in [0.25, 0.3) is 0 Å². The summed E-state index contributed by atoms with van der Waals surface area (Å²) in [5.41, 5.74) is 3.87. The monoisotopic (exact) mass is 357 g/mol. The van der Waals surface area contributed by atoms with Crippen LogP contribution in [0.3, 0.4) is 0 Å². The van der Waals surface area contributed by atoms with Gasteiger partial charge < -0.3 is 10.4 Å². The van der Waals surface area contributed by atoms with Gasteiger partial charge in [0.1, 0.15) is 6.10 Å². The molecule has 1 unspecified atom stereocenters. The Morgan fingerprint density at radius 3 is 2.71 bits per heavy atom. The number of aliphatic hydroxyl groups excluding tert-OH is 1. The predicted molar refractivity (Wildman–Crippen MR) is 99.8 cm³/mol. The van der Waals surface area contributed by atoms with Crippen molar-refractivity contribution in [2.24, 2.45) is 0 Å². The SMILES string of the molecule is Cc1ccc(C(=O)NCc2ccc(C(O)c3ccsc3)s2)cc1C. The molecule has 5 heteroatoms. The average Bonchev–Trinajstić information content (AvgIpc) is 3.26. The van der Waals surface area contributed by atoms with Crippen LogP contribution >= 0.6 is 22.7 Å². The lowest BCUT2D eigenvalue weighted by molar-refractivity contribution is 0.0951. The molecule has 0 radical (unpaired) electrons. The zero-order chi connectivity index (χ0) is 17.1. The first-order valence-corrected chi connectivity index (χ1v) is 9.45. The summed E-state index contributed by atoms with van der Waals surface area (Å²) >= 11 is 3.09. The molecule has 0 aliphatic rings. The third kappa shape index (κ3) is 3.75. The smallest absolute Gasteiger partial charge is 0.251 e. The van der Waals surface area contributed by atoms with Gasteiger partial charge in [0.15, 0.2) is 0 Å². The van der Waals surface area contributed by atoms with E-state index in [4.69, 9.17) is 0 Å². The van der Waals surface area contributed by atoms with Crippen LogP contribution in [0.4, 0.5) is 0 Å². The minimum absolute atomic E-state index is 0.0774. The number of carbonyl (C=O) groups excluding carboxylic acids is 1. The van der Waals surface area contributed by atoms with Crippen molar-refractivity contribution in [1.82, 2.24) is 5.32 Å². The first-order chi connectivity index (χ1) is 11.5. The van der Waals surface area contributed by atoms with E-state index in [2.05, 4.69) is 5.32 Å². The predicted octanol–water partition coefficient (Wildman–Crippen LogP) is 4.44. The van der Waals surface area contributed by atoms with Crippen LogP contribution in [0.2, 0.25) is 0 Å². The summed E-state index contributed by atoms with van der Waals surface area (Å²) in [5, 5.41) is 17.2. The van der Waals surface area contributed by atoms with Crippen LogP contribution in [-0.2, 0) is 6.54 Å². The van der Waals surface area contributed by atoms with Crippen molar-refractivity contribution in [3.8, 4) is 0 Å². The van der Waals surface area contributed by atoms with Crippen molar-refractivity contribution in [2.45, 2.75) is 26.5 Å². The molecule has 2 N–H and O–H groups in total. The van der Waals surface area contributed by atoms with E-state index >= 15 is 0 Å². The summed E-state index contributed by atoms with van der Waals surface area (Å²) < 4.78 is 0. The molecule has 3 rings (SSSR count). The lowest BCUT2D eigenvalue weighted by atomic mass is 10.1. The topological polar surface area (TPSA) is 49.3 Å². The van der Waals surface area contributed by atoms with Crippen molar-refractivity contribution in [1.29, 1.82) is 0 Å². The van der Waals surface area contributed by atoms with Gasteiger partial charge in [0.2, 0.25) is 0 Å². The van der Waals surface area contributed by atoms with Gasteiger partial charge in [-0.05, 0) is 71.6 Å². The minimum Gasteiger partial charge on any atom is -0.383 e. The standard InChI is InChI=1S/C19H19NO2S2/c1-12-3-4-14(9-13(12)2)19(22)20-10-16-5-6-17(24-16)18(21)15-7-8-23-11-15/h3-9,11,18,21H,10H2,1-2H3,(H,20,22). The summed E-state index contributed by atoms with van der Waals surface area (Å²) in [4.78, 5) is 14.2. The molecule has 1 atom stereocenters. The van der Waals surface area contributed by atoms with Crippen molar-refractivity contribution in [3.63, 3.8) is 0 Å². The summed E-state index contributed by atoms with van der Waals surface area (Å²) in [6, 6.07) is 11.5. The zero-order valence-electron chi connectivity index (χ0n) is 13.6. The Morgan fingerprint density at radius 2 is 2.00 bits per heavy atom. The van der Waals surface area contributed by atoms with Crippen molar-refractivity contribution >= 4 is 28.6 Å². The molecule has 0 aliphatic heterocycles. The molecule has 0 spiro atoms. The first kappa shape index (κ1) is 16.9. The first-order valence-electron chi connectivity index (χ1n) is 7.69. The fourth-order valence-corrected chi connectivity index (χ4v) is 4.03. The van der Waals surface area contributed by atoms with Crippen LogP contribution in [-0.4, -0.2) is 11.0 Å². The molecule has 0 saturated heterocycles. The van der Waals surface area contributed by atoms with Gasteiger partial charge in [-0.15, -0.1) is 11.3 Å². The van der Waals surface area contributed by atoms with E-state index in [1.54, 1.807) is 11.3 Å². The van der Waals surface area contributed by atoms with Gasteiger partial charge in [-0.3, -0.25) is 4.79 Å². The summed E-state index contributed by atoms with van der Waals surface area (Å²) in [5.74, 6) is -0.0774. The number of hydrogen-bond acceptors (Lipinski definition) is 4. The molecule has 2 aromatic heterocycles. The van der Waals surface area contributed by atoms with Crippen LogP contribution in [0.1, 0.15) is 42.9 Å². The van der Waals surface area contributed by atoms with Crippen molar-refractivity contribution in [2.75, 3.05) is 0 Å². The second-order valence-electron chi connectivity index (χ2n) is 5.75. The molecule has 0 saturated carbocycles. The van der Waals surface area contributed by atoms with E-state index in [-0.39, 0.29) is 5.91 Å². The fourth-order valence-electron chi connectivity index (χ4n) is 2.38. The Labute approximate surface area is 149 Å². The Hall–Kier alpha value is -1.95. The quantitative estimate of drug-likeness (QED) is 0.709. The van der Waals surface area contributed by atoms with Gasteiger partial charge in [-0.25, -0.2) is 0 Å². The maximum Gasteiger partial charge on any atom is 0.251 e. The number of thiophene rings is 2. The maximum absolute atomic E-state index is 12.3.